The number of benzene rings is 2. The molecule has 304 valence electrons. The van der Waals surface area contributed by atoms with Crippen LogP contribution in [0.15, 0.2) is 58.5 Å². The van der Waals surface area contributed by atoms with Crippen LogP contribution in [0.1, 0.15) is 231 Å². The first-order valence-corrected chi connectivity index (χ1v) is 23.0. The van der Waals surface area contributed by atoms with Gasteiger partial charge in [0.25, 0.3) is 0 Å². The Morgan fingerprint density at radius 3 is 1.02 bits per heavy atom. The maximum atomic E-state index is 5.42. The van der Waals surface area contributed by atoms with Crippen molar-refractivity contribution in [1.82, 2.24) is 0 Å². The molecule has 2 aromatic carbocycles. The summed E-state index contributed by atoms with van der Waals surface area (Å²) in [4.78, 5) is 10.8. The van der Waals surface area contributed by atoms with E-state index in [1.54, 1.807) is 0 Å². The molecule has 2 rings (SSSR count). The van der Waals surface area contributed by atoms with Gasteiger partial charge in [0.1, 0.15) is 0 Å². The number of aryl methyl sites for hydroxylation is 2. The molecule has 0 aliphatic heterocycles. The molecule has 0 unspecified atom stereocenters. The zero-order valence-electron chi connectivity index (χ0n) is 35.5. The van der Waals surface area contributed by atoms with E-state index in [2.05, 4.69) is 76.2 Å². The largest absolute Gasteiger partial charge is 0.252 e. The van der Waals surface area contributed by atoms with Crippen LogP contribution in [0.5, 0.6) is 0 Å². The molecule has 3 heteroatoms. The molecule has 0 amide bonds. The van der Waals surface area contributed by atoms with Crippen molar-refractivity contribution in [1.29, 1.82) is 0 Å². The number of unbranched alkanes of at least 4 members (excludes halogenated alkanes) is 24. The van der Waals surface area contributed by atoms with E-state index in [1.165, 1.54) is 196 Å². The van der Waals surface area contributed by atoms with Crippen LogP contribution in [0, 0.1) is 0 Å². The molecule has 2 nitrogen and oxygen atoms in total. The molecule has 0 fully saturated rings. The van der Waals surface area contributed by atoms with E-state index in [-0.39, 0.29) is 16.5 Å². The Morgan fingerprint density at radius 1 is 0.358 bits per heavy atom. The van der Waals surface area contributed by atoms with Crippen LogP contribution in [0.4, 0.5) is 11.4 Å². The fourth-order valence-corrected chi connectivity index (χ4v) is 7.45. The smallest absolute Gasteiger partial charge is 0.0636 e. The molecule has 0 N–H and O–H groups in total. The molecule has 0 aromatic heterocycles. The SMILES string of the molecule is CCCCCCCCCCCCc1cccc(N=C(CCCC)C(CCCCCCCC)=Nc2cccc(CCCCCCCCCCCC)c2)c1.[Ni]. The first kappa shape index (κ1) is 49.3. The average molecular weight is 772 g/mol. The Kier molecular flexibility index (Phi) is 33.4. The summed E-state index contributed by atoms with van der Waals surface area (Å²) in [5.41, 5.74) is 7.54. The first-order chi connectivity index (χ1) is 25.7. The number of hydrogen-bond donors (Lipinski definition) is 0. The number of aliphatic imine (C=N–C) groups is 2. The summed E-state index contributed by atoms with van der Waals surface area (Å²) in [6.45, 7) is 9.21. The minimum Gasteiger partial charge on any atom is -0.252 e. The van der Waals surface area contributed by atoms with Gasteiger partial charge in [-0.25, -0.2) is 0 Å². The Morgan fingerprint density at radius 2 is 0.660 bits per heavy atom. The second kappa shape index (κ2) is 35.9. The molecule has 0 aliphatic carbocycles. The minimum absolute atomic E-state index is 0. The van der Waals surface area contributed by atoms with E-state index in [9.17, 15) is 0 Å². The number of nitrogens with zero attached hydrogens (tertiary/aromatic N) is 2. The molecule has 0 spiro atoms. The fraction of sp³-hybridized carbons (Fsp3) is 0.720. The molecule has 0 saturated heterocycles. The van der Waals surface area contributed by atoms with Crippen LogP contribution in [0.3, 0.4) is 0 Å². The summed E-state index contributed by atoms with van der Waals surface area (Å²) in [6, 6.07) is 18.2. The van der Waals surface area contributed by atoms with Crippen molar-refractivity contribution < 1.29 is 16.5 Å². The van der Waals surface area contributed by atoms with Gasteiger partial charge in [-0.15, -0.1) is 0 Å². The van der Waals surface area contributed by atoms with Gasteiger partial charge < -0.3 is 0 Å². The summed E-state index contributed by atoms with van der Waals surface area (Å²) in [7, 11) is 0. The average Bonchev–Trinajstić information content (AvgIpc) is 3.16. The zero-order valence-corrected chi connectivity index (χ0v) is 36.4. The summed E-state index contributed by atoms with van der Waals surface area (Å²) in [5.74, 6) is 0. The maximum Gasteiger partial charge on any atom is 0.0636 e. The van der Waals surface area contributed by atoms with E-state index in [0.717, 1.165) is 43.5 Å². The van der Waals surface area contributed by atoms with Gasteiger partial charge in [-0.3, -0.25) is 9.98 Å². The molecule has 0 atom stereocenters. The molecule has 0 heterocycles. The standard InChI is InChI=1S/C50H84N2.Ni/c1-5-9-13-16-19-21-23-25-27-30-35-45-37-33-39-47(43-45)51-49(41-12-8-4)50(42-32-29-18-15-11-7-3)52-48-40-34-38-46(44-48)36-31-28-26-24-22-20-17-14-10-6-2;/h33-34,37-40,43-44H,5-32,35-36,41-42H2,1-4H3;. The molecule has 2 aromatic rings. The summed E-state index contributed by atoms with van der Waals surface area (Å²) >= 11 is 0. The Balaban J connectivity index is 0.0000140. The van der Waals surface area contributed by atoms with Gasteiger partial charge in [0.05, 0.1) is 22.8 Å². The van der Waals surface area contributed by atoms with Crippen molar-refractivity contribution in [3.8, 4) is 0 Å². The predicted molar refractivity (Wildman–Crippen MR) is 236 cm³/mol. The predicted octanol–water partition coefficient (Wildman–Crippen LogP) is 17.4. The van der Waals surface area contributed by atoms with E-state index < -0.39 is 0 Å². The van der Waals surface area contributed by atoms with E-state index in [1.807, 2.05) is 0 Å². The van der Waals surface area contributed by atoms with Crippen molar-refractivity contribution in [2.75, 3.05) is 0 Å². The van der Waals surface area contributed by atoms with E-state index in [0.29, 0.717) is 0 Å². The second-order valence-corrected chi connectivity index (χ2v) is 15.9. The third-order valence-electron chi connectivity index (χ3n) is 10.9. The molecule has 0 aliphatic rings. The quantitative estimate of drug-likeness (QED) is 0.0379. The van der Waals surface area contributed by atoms with Crippen molar-refractivity contribution >= 4 is 22.8 Å². The van der Waals surface area contributed by atoms with Gasteiger partial charge in [0.15, 0.2) is 0 Å². The van der Waals surface area contributed by atoms with Crippen LogP contribution in [-0.4, -0.2) is 11.4 Å². The number of rotatable bonds is 35. The van der Waals surface area contributed by atoms with Crippen LogP contribution >= 0.6 is 0 Å². The third-order valence-corrected chi connectivity index (χ3v) is 10.9. The van der Waals surface area contributed by atoms with E-state index in [4.69, 9.17) is 9.98 Å². The maximum absolute atomic E-state index is 5.42. The van der Waals surface area contributed by atoms with Crippen molar-refractivity contribution in [2.24, 2.45) is 9.98 Å². The Hall–Kier alpha value is -1.73. The second-order valence-electron chi connectivity index (χ2n) is 15.9. The van der Waals surface area contributed by atoms with Crippen molar-refractivity contribution in [3.63, 3.8) is 0 Å². The Bertz CT molecular complexity index is 1170. The summed E-state index contributed by atoms with van der Waals surface area (Å²) in [6.07, 6.45) is 42.2. The summed E-state index contributed by atoms with van der Waals surface area (Å²) in [5, 5.41) is 0. The van der Waals surface area contributed by atoms with E-state index >= 15 is 0 Å². The molecule has 53 heavy (non-hydrogen) atoms. The normalized spacial score (nSPS) is 12.0. The number of hydrogen-bond acceptors (Lipinski definition) is 2. The Labute approximate surface area is 340 Å². The fourth-order valence-electron chi connectivity index (χ4n) is 7.45. The third kappa shape index (κ3) is 26.7. The van der Waals surface area contributed by atoms with Crippen LogP contribution in [0.2, 0.25) is 0 Å². The minimum atomic E-state index is 0. The molecular formula is C50H84N2Ni. The molecule has 0 saturated carbocycles. The van der Waals surface area contributed by atoms with Gasteiger partial charge >= 0.3 is 0 Å². The monoisotopic (exact) mass is 771 g/mol. The van der Waals surface area contributed by atoms with Crippen LogP contribution < -0.4 is 0 Å². The molecule has 0 bridgehead atoms. The topological polar surface area (TPSA) is 24.7 Å². The van der Waals surface area contributed by atoms with Gasteiger partial charge in [0.2, 0.25) is 0 Å². The van der Waals surface area contributed by atoms with Gasteiger partial charge in [-0.05, 0) is 86.8 Å². The zero-order chi connectivity index (χ0) is 37.2. The molecule has 0 radical (unpaired) electrons. The van der Waals surface area contributed by atoms with Crippen molar-refractivity contribution in [2.45, 2.75) is 233 Å². The summed E-state index contributed by atoms with van der Waals surface area (Å²) < 4.78 is 0. The molecular weight excluding hydrogens is 687 g/mol. The van der Waals surface area contributed by atoms with Crippen LogP contribution in [0.25, 0.3) is 0 Å². The first-order valence-electron chi connectivity index (χ1n) is 23.0. The van der Waals surface area contributed by atoms with Gasteiger partial charge in [0, 0.05) is 16.5 Å². The van der Waals surface area contributed by atoms with Crippen molar-refractivity contribution in [3.05, 3.63) is 59.7 Å². The van der Waals surface area contributed by atoms with Gasteiger partial charge in [-0.2, -0.15) is 0 Å². The van der Waals surface area contributed by atoms with Crippen LogP contribution in [-0.2, 0) is 29.3 Å². The van der Waals surface area contributed by atoms with Gasteiger partial charge in [-0.1, -0.05) is 206 Å².